The van der Waals surface area contributed by atoms with Gasteiger partial charge in [-0.05, 0) is 36.1 Å². The highest BCUT2D eigenvalue weighted by Crippen LogP contribution is 2.36. The molecule has 1 aliphatic heterocycles. The first-order valence-electron chi connectivity index (χ1n) is 6.08. The van der Waals surface area contributed by atoms with E-state index in [1.807, 2.05) is 6.07 Å². The number of nitrogens with zero attached hydrogens (tertiary/aromatic N) is 1. The molecule has 0 spiro atoms. The molecule has 0 aromatic heterocycles. The van der Waals surface area contributed by atoms with Crippen molar-refractivity contribution in [1.82, 2.24) is 10.2 Å². The molecule has 1 unspecified atom stereocenters. The molecule has 1 aromatic carbocycles. The number of nitrogens with one attached hydrogen (secondary N) is 1. The van der Waals surface area contributed by atoms with Crippen LogP contribution in [-0.2, 0) is 6.42 Å². The van der Waals surface area contributed by atoms with Gasteiger partial charge >= 0.3 is 0 Å². The first-order chi connectivity index (χ1) is 7.84. The SMILES string of the molecule is Cl.Cl.Fc1ccc2c(c1)C(N1CCNCC1)CC2. The summed E-state index contributed by atoms with van der Waals surface area (Å²) in [5.41, 5.74) is 2.56. The summed E-state index contributed by atoms with van der Waals surface area (Å²) in [6.07, 6.45) is 2.25. The number of halogens is 3. The van der Waals surface area contributed by atoms with Crippen LogP contribution in [0.4, 0.5) is 4.39 Å². The summed E-state index contributed by atoms with van der Waals surface area (Å²) in [5, 5.41) is 3.36. The lowest BCUT2D eigenvalue weighted by molar-refractivity contribution is 0.173. The fourth-order valence-corrected chi connectivity index (χ4v) is 2.92. The normalized spacial score (nSPS) is 22.8. The molecule has 2 nitrogen and oxygen atoms in total. The molecule has 1 aliphatic carbocycles. The number of fused-ring (bicyclic) bond motifs is 1. The van der Waals surface area contributed by atoms with Crippen LogP contribution in [0.5, 0.6) is 0 Å². The quantitative estimate of drug-likeness (QED) is 0.856. The van der Waals surface area contributed by atoms with Crippen molar-refractivity contribution in [1.29, 1.82) is 0 Å². The molecule has 1 saturated heterocycles. The third-order valence-electron chi connectivity index (χ3n) is 3.75. The van der Waals surface area contributed by atoms with E-state index >= 15 is 0 Å². The van der Waals surface area contributed by atoms with E-state index in [0.29, 0.717) is 6.04 Å². The van der Waals surface area contributed by atoms with Gasteiger partial charge in [0.05, 0.1) is 0 Å². The van der Waals surface area contributed by atoms with Crippen molar-refractivity contribution < 1.29 is 4.39 Å². The van der Waals surface area contributed by atoms with E-state index in [9.17, 15) is 4.39 Å². The molecule has 0 amide bonds. The fraction of sp³-hybridized carbons (Fsp3) is 0.538. The second-order valence-electron chi connectivity index (χ2n) is 4.68. The van der Waals surface area contributed by atoms with Gasteiger partial charge in [0, 0.05) is 32.2 Å². The topological polar surface area (TPSA) is 15.3 Å². The van der Waals surface area contributed by atoms with Crippen molar-refractivity contribution in [3.05, 3.63) is 35.1 Å². The van der Waals surface area contributed by atoms with Crippen LogP contribution in [0.3, 0.4) is 0 Å². The van der Waals surface area contributed by atoms with Gasteiger partial charge in [-0.1, -0.05) is 6.07 Å². The summed E-state index contributed by atoms with van der Waals surface area (Å²) in [7, 11) is 0. The zero-order valence-electron chi connectivity index (χ0n) is 10.2. The Labute approximate surface area is 120 Å². The van der Waals surface area contributed by atoms with Gasteiger partial charge in [0.25, 0.3) is 0 Å². The highest BCUT2D eigenvalue weighted by Gasteiger charge is 2.28. The van der Waals surface area contributed by atoms with E-state index in [0.717, 1.165) is 39.0 Å². The first kappa shape index (κ1) is 15.7. The molecule has 18 heavy (non-hydrogen) atoms. The second-order valence-corrected chi connectivity index (χ2v) is 4.68. The number of hydrogen-bond acceptors (Lipinski definition) is 2. The van der Waals surface area contributed by atoms with Crippen LogP contribution in [0.2, 0.25) is 0 Å². The maximum Gasteiger partial charge on any atom is 0.123 e. The third kappa shape index (κ3) is 2.97. The van der Waals surface area contributed by atoms with Crippen molar-refractivity contribution in [2.75, 3.05) is 26.2 Å². The van der Waals surface area contributed by atoms with Crippen molar-refractivity contribution in [3.8, 4) is 0 Å². The minimum atomic E-state index is -0.0965. The van der Waals surface area contributed by atoms with Crippen LogP contribution < -0.4 is 5.32 Å². The average Bonchev–Trinajstić information content (AvgIpc) is 2.73. The Morgan fingerprint density at radius 2 is 1.89 bits per heavy atom. The first-order valence-corrected chi connectivity index (χ1v) is 6.08. The van der Waals surface area contributed by atoms with Gasteiger partial charge in [-0.15, -0.1) is 24.8 Å². The largest absolute Gasteiger partial charge is 0.314 e. The summed E-state index contributed by atoms with van der Waals surface area (Å²) in [4.78, 5) is 2.49. The molecule has 102 valence electrons. The second kappa shape index (κ2) is 6.71. The number of rotatable bonds is 1. The zero-order chi connectivity index (χ0) is 11.0. The van der Waals surface area contributed by atoms with E-state index in [4.69, 9.17) is 0 Å². The van der Waals surface area contributed by atoms with Gasteiger partial charge in [0.2, 0.25) is 0 Å². The van der Waals surface area contributed by atoms with Gasteiger partial charge in [-0.2, -0.15) is 0 Å². The minimum absolute atomic E-state index is 0. The van der Waals surface area contributed by atoms with Crippen molar-refractivity contribution in [2.45, 2.75) is 18.9 Å². The molecular formula is C13H19Cl2FN2. The molecule has 1 heterocycles. The van der Waals surface area contributed by atoms with Gasteiger partial charge < -0.3 is 5.32 Å². The molecule has 2 aliphatic rings. The predicted octanol–water partition coefficient (Wildman–Crippen LogP) is 2.56. The smallest absolute Gasteiger partial charge is 0.123 e. The van der Waals surface area contributed by atoms with E-state index in [-0.39, 0.29) is 30.6 Å². The average molecular weight is 293 g/mol. The molecule has 5 heteroatoms. The van der Waals surface area contributed by atoms with Crippen molar-refractivity contribution >= 4 is 24.8 Å². The summed E-state index contributed by atoms with van der Waals surface area (Å²) in [6.45, 7) is 4.28. The van der Waals surface area contributed by atoms with Crippen molar-refractivity contribution in [3.63, 3.8) is 0 Å². The van der Waals surface area contributed by atoms with Crippen LogP contribution in [0.1, 0.15) is 23.6 Å². The molecular weight excluding hydrogens is 274 g/mol. The van der Waals surface area contributed by atoms with E-state index in [1.54, 1.807) is 12.1 Å². The summed E-state index contributed by atoms with van der Waals surface area (Å²) >= 11 is 0. The Hall–Kier alpha value is -0.350. The Balaban J connectivity index is 0.000000810. The van der Waals surface area contributed by atoms with E-state index in [2.05, 4.69) is 10.2 Å². The lowest BCUT2D eigenvalue weighted by atomic mass is 10.1. The minimum Gasteiger partial charge on any atom is -0.314 e. The highest BCUT2D eigenvalue weighted by atomic mass is 35.5. The summed E-state index contributed by atoms with van der Waals surface area (Å²) in [6, 6.07) is 5.72. The number of benzene rings is 1. The fourth-order valence-electron chi connectivity index (χ4n) is 2.92. The lowest BCUT2D eigenvalue weighted by Crippen LogP contribution is -2.44. The van der Waals surface area contributed by atoms with E-state index in [1.165, 1.54) is 11.1 Å². The van der Waals surface area contributed by atoms with Crippen LogP contribution in [0, 0.1) is 5.82 Å². The Bertz CT molecular complexity index is 395. The highest BCUT2D eigenvalue weighted by molar-refractivity contribution is 5.85. The number of piperazine rings is 1. The predicted molar refractivity (Wildman–Crippen MR) is 76.4 cm³/mol. The van der Waals surface area contributed by atoms with Crippen LogP contribution in [0.15, 0.2) is 18.2 Å². The van der Waals surface area contributed by atoms with E-state index < -0.39 is 0 Å². The zero-order valence-corrected chi connectivity index (χ0v) is 11.8. The van der Waals surface area contributed by atoms with Gasteiger partial charge in [0.1, 0.15) is 5.82 Å². The maximum absolute atomic E-state index is 13.3. The molecule has 0 saturated carbocycles. The molecule has 1 atom stereocenters. The third-order valence-corrected chi connectivity index (χ3v) is 3.75. The monoisotopic (exact) mass is 292 g/mol. The number of aryl methyl sites for hydroxylation is 1. The van der Waals surface area contributed by atoms with Gasteiger partial charge in [0.15, 0.2) is 0 Å². The summed E-state index contributed by atoms with van der Waals surface area (Å²) < 4.78 is 13.3. The Morgan fingerprint density at radius 3 is 2.61 bits per heavy atom. The lowest BCUT2D eigenvalue weighted by Gasteiger charge is -2.33. The number of hydrogen-bond donors (Lipinski definition) is 1. The van der Waals surface area contributed by atoms with Crippen LogP contribution in [-0.4, -0.2) is 31.1 Å². The molecule has 1 N–H and O–H groups in total. The Kier molecular flexibility index (Phi) is 5.86. The van der Waals surface area contributed by atoms with Gasteiger partial charge in [-0.3, -0.25) is 4.90 Å². The standard InChI is InChI=1S/C13H17FN2.2ClH/c14-11-3-1-10-2-4-13(12(10)9-11)16-7-5-15-6-8-16;;/h1,3,9,13,15H,2,4-8H2;2*1H. The molecule has 3 rings (SSSR count). The van der Waals surface area contributed by atoms with Crippen LogP contribution >= 0.6 is 24.8 Å². The molecule has 0 bridgehead atoms. The molecule has 1 aromatic rings. The maximum atomic E-state index is 13.3. The molecule has 0 radical (unpaired) electrons. The Morgan fingerprint density at radius 1 is 1.17 bits per heavy atom. The molecule has 1 fully saturated rings. The van der Waals surface area contributed by atoms with Crippen molar-refractivity contribution in [2.24, 2.45) is 0 Å². The van der Waals surface area contributed by atoms with Gasteiger partial charge in [-0.25, -0.2) is 4.39 Å². The van der Waals surface area contributed by atoms with Crippen LogP contribution in [0.25, 0.3) is 0 Å². The summed E-state index contributed by atoms with van der Waals surface area (Å²) in [5.74, 6) is -0.0965.